The molecular weight excluding hydrogens is 779 g/mol. The van der Waals surface area contributed by atoms with Crippen molar-refractivity contribution < 1.29 is 57.6 Å². The lowest BCUT2D eigenvalue weighted by Gasteiger charge is -2.56. The van der Waals surface area contributed by atoms with Crippen LogP contribution in [0.4, 0.5) is 9.59 Å². The molecule has 4 heterocycles. The Balaban J connectivity index is 1.36. The van der Waals surface area contributed by atoms with Crippen LogP contribution in [0.15, 0.2) is 40.7 Å². The van der Waals surface area contributed by atoms with E-state index >= 15 is 0 Å². The predicted molar refractivity (Wildman–Crippen MR) is 194 cm³/mol. The van der Waals surface area contributed by atoms with Crippen LogP contribution in [0.25, 0.3) is 0 Å². The third kappa shape index (κ3) is 8.83. The Labute approximate surface area is 328 Å². The molecule has 302 valence electrons. The number of hydrogen-bond donors (Lipinski definition) is 3. The quantitative estimate of drug-likeness (QED) is 0.0513. The zero-order valence-corrected chi connectivity index (χ0v) is 32.6. The molecule has 3 N–H and O–H groups in total. The number of aromatic nitrogens is 4. The number of phenolic OH excluding ortho intramolecular Hbond substituents is 1. The number of phenols is 1. The molecule has 21 nitrogen and oxygen atoms in total. The standard InChI is InChI=1S/C33H41N9O12S2/c1-5-7-14-53-32(50)54-16-15-52-27(47)23-20(18-56-31-36-37-38-39(31)3)17-55-29-33(51-4,28(48)42(23)29)35-24(44)22(19-8-10-21(43)11-9-19)34-30(49)41-13-12-40(6-2)25(45)26(41)46/h8-11,22,29,43H,5-7,12-18H2,1-4H3,(H,34,49)(H,35,44)/t22-,29-,33-/m0/s1. The fourth-order valence-electron chi connectivity index (χ4n) is 5.80. The fourth-order valence-corrected chi connectivity index (χ4v) is 8.23. The largest absolute Gasteiger partial charge is 0.508 e. The number of β-lactam (4-membered cyclic amide) rings is 1. The van der Waals surface area contributed by atoms with Crippen molar-refractivity contribution in [2.45, 2.75) is 49.0 Å². The second-order valence-electron chi connectivity index (χ2n) is 12.3. The van der Waals surface area contributed by atoms with E-state index in [9.17, 15) is 38.7 Å². The van der Waals surface area contributed by atoms with Crippen LogP contribution in [0.5, 0.6) is 5.75 Å². The van der Waals surface area contributed by atoms with Gasteiger partial charge in [0.05, 0.1) is 6.61 Å². The highest BCUT2D eigenvalue weighted by atomic mass is 32.2. The Morgan fingerprint density at radius 1 is 1.04 bits per heavy atom. The monoisotopic (exact) mass is 819 g/mol. The molecule has 0 saturated carbocycles. The van der Waals surface area contributed by atoms with Gasteiger partial charge in [0.15, 0.2) is 0 Å². The molecule has 3 aliphatic rings. The molecule has 1 aromatic heterocycles. The number of imide groups is 1. The maximum absolute atomic E-state index is 14.2. The van der Waals surface area contributed by atoms with E-state index in [1.165, 1.54) is 64.5 Å². The number of hydrogen-bond acceptors (Lipinski definition) is 17. The number of likely N-dealkylation sites (N-methyl/N-ethyl adjacent to an activating group) is 1. The van der Waals surface area contributed by atoms with Gasteiger partial charge in [-0.3, -0.25) is 29.0 Å². The van der Waals surface area contributed by atoms with Gasteiger partial charge in [0, 0.05) is 45.3 Å². The molecule has 0 spiro atoms. The number of amides is 6. The minimum atomic E-state index is -2.05. The summed E-state index contributed by atoms with van der Waals surface area (Å²) in [5.41, 5.74) is -1.54. The molecule has 2 saturated heterocycles. The number of nitrogens with zero attached hydrogens (tertiary/aromatic N) is 7. The Morgan fingerprint density at radius 2 is 1.75 bits per heavy atom. The number of methoxy groups -OCH3 is 1. The van der Waals surface area contributed by atoms with E-state index < -0.39 is 58.9 Å². The number of rotatable bonds is 16. The predicted octanol–water partition coefficient (Wildman–Crippen LogP) is 0.274. The maximum Gasteiger partial charge on any atom is 0.508 e. The first-order chi connectivity index (χ1) is 26.9. The van der Waals surface area contributed by atoms with Gasteiger partial charge in [-0.05, 0) is 47.0 Å². The van der Waals surface area contributed by atoms with Gasteiger partial charge in [-0.2, -0.15) is 0 Å². The number of urea groups is 1. The third-order valence-electron chi connectivity index (χ3n) is 8.84. The number of aromatic hydroxyl groups is 1. The lowest BCUT2D eigenvalue weighted by atomic mass is 9.97. The van der Waals surface area contributed by atoms with Gasteiger partial charge in [0.25, 0.3) is 11.6 Å². The normalized spacial score (nSPS) is 19.9. The van der Waals surface area contributed by atoms with Crippen molar-refractivity contribution in [3.05, 3.63) is 41.1 Å². The Morgan fingerprint density at radius 3 is 2.41 bits per heavy atom. The molecule has 3 aliphatic heterocycles. The van der Waals surface area contributed by atoms with Crippen LogP contribution in [0, 0.1) is 0 Å². The minimum Gasteiger partial charge on any atom is -0.508 e. The lowest BCUT2D eigenvalue weighted by molar-refractivity contribution is -0.193. The van der Waals surface area contributed by atoms with E-state index in [1.54, 1.807) is 14.0 Å². The van der Waals surface area contributed by atoms with Gasteiger partial charge < -0.3 is 39.6 Å². The van der Waals surface area contributed by atoms with Crippen LogP contribution in [-0.4, -0.2) is 151 Å². The Bertz CT molecular complexity index is 1880. The topological polar surface area (TPSA) is 254 Å². The Kier molecular flexibility index (Phi) is 13.8. The number of carbonyl (C=O) groups excluding carboxylic acids is 7. The molecule has 0 aliphatic carbocycles. The van der Waals surface area contributed by atoms with Crippen molar-refractivity contribution in [2.75, 3.05) is 58.1 Å². The fraction of sp³-hybridized carbons (Fsp3) is 0.515. The molecule has 2 fully saturated rings. The Hall–Kier alpha value is -5.42. The van der Waals surface area contributed by atoms with Crippen LogP contribution in [-0.2, 0) is 50.0 Å². The van der Waals surface area contributed by atoms with Crippen LogP contribution in [0.1, 0.15) is 38.3 Å². The number of carbonyl (C=O) groups is 7. The summed E-state index contributed by atoms with van der Waals surface area (Å²) in [5, 5.41) is 25.8. The number of aryl methyl sites for hydroxylation is 1. The highest BCUT2D eigenvalue weighted by Gasteiger charge is 2.67. The van der Waals surface area contributed by atoms with Gasteiger partial charge in [-0.1, -0.05) is 37.2 Å². The average molecular weight is 820 g/mol. The lowest BCUT2D eigenvalue weighted by Crippen LogP contribution is -2.81. The highest BCUT2D eigenvalue weighted by molar-refractivity contribution is 8.01. The number of ether oxygens (including phenoxy) is 4. The first kappa shape index (κ1) is 41.7. The SMILES string of the molecule is CCCCOC(=O)OCCOC(=O)C1=C(CSc2nnnn2C)CS[C@@H]2N1C(=O)[C@]2(NC(=O)[C@@H](NC(=O)N1CCN(CC)C(=O)C1=O)c1ccc(O)cc1)OC. The number of thioether (sulfide) groups is 2. The summed E-state index contributed by atoms with van der Waals surface area (Å²) in [6.45, 7) is 3.35. The molecule has 6 amide bonds. The number of fused-ring (bicyclic) bond motifs is 1. The molecule has 56 heavy (non-hydrogen) atoms. The number of benzene rings is 1. The molecule has 0 radical (unpaired) electrons. The van der Waals surface area contributed by atoms with Crippen molar-refractivity contribution in [3.8, 4) is 5.75 Å². The van der Waals surface area contributed by atoms with Crippen LogP contribution in [0.2, 0.25) is 0 Å². The van der Waals surface area contributed by atoms with Crippen molar-refractivity contribution in [1.82, 2.24) is 45.5 Å². The summed E-state index contributed by atoms with van der Waals surface area (Å²) in [6.07, 6.45) is 0.549. The molecule has 5 rings (SSSR count). The average Bonchev–Trinajstić information content (AvgIpc) is 3.61. The van der Waals surface area contributed by atoms with E-state index in [1.807, 2.05) is 6.92 Å². The number of piperazine rings is 1. The number of esters is 1. The van der Waals surface area contributed by atoms with E-state index in [4.69, 9.17) is 18.9 Å². The van der Waals surface area contributed by atoms with Crippen LogP contribution in [0.3, 0.4) is 0 Å². The highest BCUT2D eigenvalue weighted by Crippen LogP contribution is 2.47. The second-order valence-corrected chi connectivity index (χ2v) is 14.4. The molecule has 0 bridgehead atoms. The van der Waals surface area contributed by atoms with Gasteiger partial charge in [0.2, 0.25) is 11.1 Å². The minimum absolute atomic E-state index is 0.0907. The van der Waals surface area contributed by atoms with Crippen molar-refractivity contribution in [1.29, 1.82) is 0 Å². The number of nitrogens with one attached hydrogen (secondary N) is 2. The summed E-state index contributed by atoms with van der Waals surface area (Å²) < 4.78 is 22.4. The number of tetrazole rings is 1. The van der Waals surface area contributed by atoms with Crippen molar-refractivity contribution >= 4 is 65.3 Å². The molecule has 0 unspecified atom stereocenters. The smallest absolute Gasteiger partial charge is 0.508 e. The zero-order chi connectivity index (χ0) is 40.6. The van der Waals surface area contributed by atoms with Crippen LogP contribution >= 0.6 is 23.5 Å². The van der Waals surface area contributed by atoms with E-state index in [0.717, 1.165) is 11.3 Å². The van der Waals surface area contributed by atoms with Gasteiger partial charge in [0.1, 0.15) is 36.1 Å². The zero-order valence-electron chi connectivity index (χ0n) is 30.9. The van der Waals surface area contributed by atoms with Crippen molar-refractivity contribution in [2.24, 2.45) is 7.05 Å². The maximum atomic E-state index is 14.2. The third-order valence-corrected chi connectivity index (χ3v) is 11.3. The van der Waals surface area contributed by atoms with Crippen LogP contribution < -0.4 is 10.6 Å². The van der Waals surface area contributed by atoms with Gasteiger partial charge in [-0.15, -0.1) is 16.9 Å². The summed E-state index contributed by atoms with van der Waals surface area (Å²) in [5.74, 6) is -4.47. The summed E-state index contributed by atoms with van der Waals surface area (Å²) in [6, 6.07) is 2.66. The first-order valence-electron chi connectivity index (χ1n) is 17.4. The summed E-state index contributed by atoms with van der Waals surface area (Å²) >= 11 is 2.38. The molecular formula is C33H41N9O12S2. The summed E-state index contributed by atoms with van der Waals surface area (Å²) in [7, 11) is 2.82. The molecule has 1 aromatic carbocycles. The first-order valence-corrected chi connectivity index (χ1v) is 19.5. The van der Waals surface area contributed by atoms with Gasteiger partial charge >= 0.3 is 30.0 Å². The number of unbranched alkanes of at least 4 members (excludes halogenated alkanes) is 1. The molecule has 23 heteroatoms. The van der Waals surface area contributed by atoms with E-state index in [0.29, 0.717) is 22.1 Å². The second kappa shape index (κ2) is 18.5. The molecule has 2 aromatic rings. The summed E-state index contributed by atoms with van der Waals surface area (Å²) in [4.78, 5) is 95.6. The van der Waals surface area contributed by atoms with Crippen molar-refractivity contribution in [3.63, 3.8) is 0 Å². The van der Waals surface area contributed by atoms with E-state index in [-0.39, 0.29) is 68.0 Å². The van der Waals surface area contributed by atoms with Gasteiger partial charge in [-0.25, -0.2) is 19.1 Å². The van der Waals surface area contributed by atoms with E-state index in [2.05, 4.69) is 26.2 Å². The molecule has 3 atom stereocenters.